The molecule has 1 fully saturated rings. The van der Waals surface area contributed by atoms with Crippen LogP contribution in [0.5, 0.6) is 0 Å². The van der Waals surface area contributed by atoms with Crippen molar-refractivity contribution in [3.05, 3.63) is 0 Å². The second-order valence-electron chi connectivity index (χ2n) is 1.97. The lowest BCUT2D eigenvalue weighted by Crippen LogP contribution is -2.13. The number of alkyl halides is 1. The Balaban J connectivity index is 2.41. The van der Waals surface area contributed by atoms with E-state index in [0.717, 1.165) is 0 Å². The molecule has 0 spiro atoms. The predicted octanol–water partition coefficient (Wildman–Crippen LogP) is -0.257. The molecule has 0 aliphatic carbocycles. The fraction of sp³-hybridized carbons (Fsp3) is 0.800. The van der Waals surface area contributed by atoms with Crippen LogP contribution >= 0.6 is 0 Å². The average molecular weight is 117 g/mol. The summed E-state index contributed by atoms with van der Waals surface area (Å²) in [4.78, 5) is 9.94. The zero-order valence-electron chi connectivity index (χ0n) is 4.43. The minimum atomic E-state index is -0.951. The molecule has 2 nitrogen and oxygen atoms in total. The monoisotopic (exact) mass is 117 g/mol. The van der Waals surface area contributed by atoms with Gasteiger partial charge in [0.15, 0.2) is 0 Å². The van der Waals surface area contributed by atoms with E-state index in [4.69, 9.17) is 0 Å². The van der Waals surface area contributed by atoms with Gasteiger partial charge in [0.05, 0.1) is 5.92 Å². The van der Waals surface area contributed by atoms with Crippen LogP contribution < -0.4 is 5.32 Å². The lowest BCUT2D eigenvalue weighted by atomic mass is 10.1. The van der Waals surface area contributed by atoms with Crippen LogP contribution in [-0.2, 0) is 4.79 Å². The van der Waals surface area contributed by atoms with Gasteiger partial charge in [-0.15, -0.1) is 0 Å². The Hall–Kier alpha value is -0.440. The molecular weight excluding hydrogens is 109 g/mol. The van der Waals surface area contributed by atoms with Gasteiger partial charge < -0.3 is 10.1 Å². The van der Waals surface area contributed by atoms with Crippen molar-refractivity contribution >= 4 is 6.29 Å². The minimum absolute atomic E-state index is 0.337. The van der Waals surface area contributed by atoms with Crippen molar-refractivity contribution in [2.24, 2.45) is 5.92 Å². The van der Waals surface area contributed by atoms with Gasteiger partial charge in [0.2, 0.25) is 0 Å². The quantitative estimate of drug-likeness (QED) is 0.479. The Morgan fingerprint density at radius 3 is 2.62 bits per heavy atom. The molecule has 0 saturated carbocycles. The van der Waals surface area contributed by atoms with Crippen molar-refractivity contribution in [3.63, 3.8) is 0 Å². The summed E-state index contributed by atoms with van der Waals surface area (Å²) in [7, 11) is 0. The first-order valence-corrected chi connectivity index (χ1v) is 2.64. The maximum absolute atomic E-state index is 12.3. The first-order chi connectivity index (χ1) is 3.84. The van der Waals surface area contributed by atoms with E-state index in [9.17, 15) is 9.18 Å². The molecule has 0 aromatic carbocycles. The molecule has 0 unspecified atom stereocenters. The number of nitrogens with one attached hydrogen (secondary N) is 1. The van der Waals surface area contributed by atoms with Gasteiger partial charge in [0.1, 0.15) is 12.5 Å². The van der Waals surface area contributed by atoms with E-state index in [0.29, 0.717) is 19.4 Å². The van der Waals surface area contributed by atoms with E-state index in [-0.39, 0.29) is 0 Å². The Labute approximate surface area is 47.1 Å². The summed E-state index contributed by atoms with van der Waals surface area (Å²) >= 11 is 0. The van der Waals surface area contributed by atoms with E-state index < -0.39 is 12.1 Å². The van der Waals surface area contributed by atoms with Crippen molar-refractivity contribution < 1.29 is 9.18 Å². The molecule has 1 aliphatic rings. The second-order valence-corrected chi connectivity index (χ2v) is 1.97. The minimum Gasteiger partial charge on any atom is -0.313 e. The summed E-state index contributed by atoms with van der Waals surface area (Å²) in [6.07, 6.45) is -0.280. The van der Waals surface area contributed by atoms with Crippen LogP contribution in [0.1, 0.15) is 0 Å². The van der Waals surface area contributed by atoms with E-state index in [1.54, 1.807) is 0 Å². The fourth-order valence-corrected chi connectivity index (χ4v) is 0.801. The van der Waals surface area contributed by atoms with E-state index >= 15 is 0 Å². The molecule has 0 bridgehead atoms. The normalized spacial score (nSPS) is 37.6. The first-order valence-electron chi connectivity index (χ1n) is 2.64. The van der Waals surface area contributed by atoms with Crippen LogP contribution in [0.25, 0.3) is 0 Å². The van der Waals surface area contributed by atoms with Crippen LogP contribution in [0.2, 0.25) is 0 Å². The van der Waals surface area contributed by atoms with Crippen molar-refractivity contribution in [2.45, 2.75) is 6.17 Å². The van der Waals surface area contributed by atoms with Gasteiger partial charge in [-0.25, -0.2) is 4.39 Å². The van der Waals surface area contributed by atoms with Crippen LogP contribution in [0, 0.1) is 5.92 Å². The van der Waals surface area contributed by atoms with Gasteiger partial charge in [0.25, 0.3) is 0 Å². The van der Waals surface area contributed by atoms with Crippen molar-refractivity contribution in [1.29, 1.82) is 0 Å². The highest BCUT2D eigenvalue weighted by Crippen LogP contribution is 2.08. The molecule has 8 heavy (non-hydrogen) atoms. The Bertz CT molecular complexity index is 96.4. The highest BCUT2D eigenvalue weighted by molar-refractivity contribution is 5.55. The van der Waals surface area contributed by atoms with Gasteiger partial charge in [0, 0.05) is 13.1 Å². The maximum atomic E-state index is 12.3. The summed E-state index contributed by atoms with van der Waals surface area (Å²) in [6, 6.07) is 0. The van der Waals surface area contributed by atoms with Crippen molar-refractivity contribution in [3.8, 4) is 0 Å². The van der Waals surface area contributed by atoms with Crippen LogP contribution in [0.3, 0.4) is 0 Å². The van der Waals surface area contributed by atoms with Gasteiger partial charge in [-0.05, 0) is 0 Å². The zero-order chi connectivity index (χ0) is 5.98. The smallest absolute Gasteiger partial charge is 0.127 e. The van der Waals surface area contributed by atoms with Gasteiger partial charge in [-0.3, -0.25) is 0 Å². The molecule has 46 valence electrons. The average Bonchev–Trinajstić information content (AvgIpc) is 2.14. The third-order valence-corrected chi connectivity index (χ3v) is 1.36. The molecule has 1 rings (SSSR count). The summed E-state index contributed by atoms with van der Waals surface area (Å²) in [5.74, 6) is -0.394. The van der Waals surface area contributed by atoms with Gasteiger partial charge >= 0.3 is 0 Å². The molecule has 0 radical (unpaired) electrons. The van der Waals surface area contributed by atoms with Crippen molar-refractivity contribution in [1.82, 2.24) is 5.32 Å². The predicted molar refractivity (Wildman–Crippen MR) is 27.3 cm³/mol. The fourth-order valence-electron chi connectivity index (χ4n) is 0.801. The Kier molecular flexibility index (Phi) is 1.58. The van der Waals surface area contributed by atoms with E-state index in [2.05, 4.69) is 5.32 Å². The lowest BCUT2D eigenvalue weighted by molar-refractivity contribution is -0.111. The van der Waals surface area contributed by atoms with Crippen LogP contribution in [0.15, 0.2) is 0 Å². The third-order valence-electron chi connectivity index (χ3n) is 1.36. The standard InChI is InChI=1S/C5H8FNO/c6-5-2-7-1-4(5)3-8/h3-5,7H,1-2H2/t4-,5-/m0/s1. The number of carbonyl (C=O) groups is 1. The zero-order valence-corrected chi connectivity index (χ0v) is 4.43. The van der Waals surface area contributed by atoms with E-state index in [1.165, 1.54) is 0 Å². The molecule has 1 N–H and O–H groups in total. The number of rotatable bonds is 1. The first kappa shape index (κ1) is 5.69. The highest BCUT2D eigenvalue weighted by atomic mass is 19.1. The Morgan fingerprint density at radius 1 is 1.62 bits per heavy atom. The third kappa shape index (κ3) is 0.865. The van der Waals surface area contributed by atoms with Gasteiger partial charge in [-0.1, -0.05) is 0 Å². The molecule has 1 aliphatic heterocycles. The summed E-state index contributed by atoms with van der Waals surface area (Å²) in [5, 5.41) is 2.77. The van der Waals surface area contributed by atoms with Crippen LogP contribution in [-0.4, -0.2) is 25.5 Å². The lowest BCUT2D eigenvalue weighted by Gasteiger charge is -1.98. The highest BCUT2D eigenvalue weighted by Gasteiger charge is 2.25. The molecule has 2 atom stereocenters. The molecular formula is C5H8FNO. The molecule has 1 saturated heterocycles. The molecule has 0 aromatic heterocycles. The summed E-state index contributed by atoms with van der Waals surface area (Å²) in [6.45, 7) is 0.841. The van der Waals surface area contributed by atoms with E-state index in [1.807, 2.05) is 0 Å². The van der Waals surface area contributed by atoms with Crippen LogP contribution in [0.4, 0.5) is 4.39 Å². The largest absolute Gasteiger partial charge is 0.313 e. The number of carbonyl (C=O) groups excluding carboxylic acids is 1. The second kappa shape index (κ2) is 2.22. The maximum Gasteiger partial charge on any atom is 0.127 e. The number of halogens is 1. The molecule has 3 heteroatoms. The Morgan fingerprint density at radius 2 is 2.38 bits per heavy atom. The number of hydrogen-bond donors (Lipinski definition) is 1. The van der Waals surface area contributed by atoms with Gasteiger partial charge in [-0.2, -0.15) is 0 Å². The molecule has 1 heterocycles. The SMILES string of the molecule is O=C[C@@H]1CNC[C@@H]1F. The molecule has 0 amide bonds. The van der Waals surface area contributed by atoms with Crippen molar-refractivity contribution in [2.75, 3.05) is 13.1 Å². The molecule has 0 aromatic rings. The number of aldehydes is 1. The summed E-state index contributed by atoms with van der Waals surface area (Å²) in [5.41, 5.74) is 0. The topological polar surface area (TPSA) is 29.1 Å². The summed E-state index contributed by atoms with van der Waals surface area (Å²) < 4.78 is 12.3. The number of hydrogen-bond acceptors (Lipinski definition) is 2.